The van der Waals surface area contributed by atoms with Gasteiger partial charge in [0, 0.05) is 55.1 Å². The SMILES string of the molecule is Fc1ncc(Cl)cc1CN1CCc2nc(-c3ccc(C(F)(F)F)cc3)ncc2C1. The van der Waals surface area contributed by atoms with Gasteiger partial charge >= 0.3 is 6.18 Å². The van der Waals surface area contributed by atoms with Crippen molar-refractivity contribution < 1.29 is 17.6 Å². The van der Waals surface area contributed by atoms with E-state index in [4.69, 9.17) is 11.6 Å². The highest BCUT2D eigenvalue weighted by atomic mass is 35.5. The number of hydrogen-bond acceptors (Lipinski definition) is 4. The Morgan fingerprint density at radius 2 is 1.83 bits per heavy atom. The van der Waals surface area contributed by atoms with Crippen molar-refractivity contribution in [2.75, 3.05) is 6.54 Å². The van der Waals surface area contributed by atoms with Crippen molar-refractivity contribution in [1.29, 1.82) is 0 Å². The van der Waals surface area contributed by atoms with E-state index in [2.05, 4.69) is 15.0 Å². The summed E-state index contributed by atoms with van der Waals surface area (Å²) in [5.74, 6) is -0.162. The van der Waals surface area contributed by atoms with Crippen LogP contribution in [0.4, 0.5) is 17.6 Å². The zero-order valence-corrected chi connectivity index (χ0v) is 15.8. The fourth-order valence-corrected chi connectivity index (χ4v) is 3.45. The van der Waals surface area contributed by atoms with Gasteiger partial charge < -0.3 is 0 Å². The minimum absolute atomic E-state index is 0.361. The summed E-state index contributed by atoms with van der Waals surface area (Å²) in [5, 5.41) is 0.378. The Morgan fingerprint density at radius 1 is 1.07 bits per heavy atom. The van der Waals surface area contributed by atoms with E-state index in [1.54, 1.807) is 12.3 Å². The van der Waals surface area contributed by atoms with Crippen LogP contribution in [0.1, 0.15) is 22.4 Å². The number of hydrogen-bond donors (Lipinski definition) is 0. The van der Waals surface area contributed by atoms with Gasteiger partial charge in [-0.1, -0.05) is 23.7 Å². The first-order valence-corrected chi connectivity index (χ1v) is 9.22. The van der Waals surface area contributed by atoms with Crippen molar-refractivity contribution in [3.05, 3.63) is 76.1 Å². The van der Waals surface area contributed by atoms with E-state index >= 15 is 0 Å². The number of nitrogens with zero attached hydrogens (tertiary/aromatic N) is 4. The lowest BCUT2D eigenvalue weighted by atomic mass is 10.1. The molecule has 4 nitrogen and oxygen atoms in total. The molecule has 29 heavy (non-hydrogen) atoms. The molecule has 0 fully saturated rings. The lowest BCUT2D eigenvalue weighted by Crippen LogP contribution is -2.31. The standard InChI is InChI=1S/C20H15ClF4N4/c21-16-7-13(18(22)26-9-16)10-29-6-5-17-14(11-29)8-27-19(28-17)12-1-3-15(4-2-12)20(23,24)25/h1-4,7-9H,5-6,10-11H2. The topological polar surface area (TPSA) is 41.9 Å². The number of rotatable bonds is 3. The Hall–Kier alpha value is -2.58. The van der Waals surface area contributed by atoms with Crippen LogP contribution in [0.15, 0.2) is 42.7 Å². The van der Waals surface area contributed by atoms with E-state index in [1.165, 1.54) is 18.3 Å². The summed E-state index contributed by atoms with van der Waals surface area (Å²) in [5.41, 5.74) is 1.98. The largest absolute Gasteiger partial charge is 0.416 e. The number of pyridine rings is 1. The maximum Gasteiger partial charge on any atom is 0.416 e. The molecule has 150 valence electrons. The van der Waals surface area contributed by atoms with Crippen LogP contribution in [0, 0.1) is 5.95 Å². The Morgan fingerprint density at radius 3 is 2.55 bits per heavy atom. The number of benzene rings is 1. The van der Waals surface area contributed by atoms with Crippen LogP contribution in [0.3, 0.4) is 0 Å². The van der Waals surface area contributed by atoms with E-state index in [1.807, 2.05) is 4.90 Å². The van der Waals surface area contributed by atoms with Crippen LogP contribution in [0.2, 0.25) is 5.02 Å². The normalized spacial score (nSPS) is 14.7. The first-order chi connectivity index (χ1) is 13.8. The van der Waals surface area contributed by atoms with Gasteiger partial charge in [0.25, 0.3) is 0 Å². The molecular weight excluding hydrogens is 408 g/mol. The van der Waals surface area contributed by atoms with Crippen LogP contribution in [-0.4, -0.2) is 26.4 Å². The molecule has 0 aliphatic carbocycles. The maximum atomic E-state index is 13.9. The van der Waals surface area contributed by atoms with Gasteiger partial charge in [0.15, 0.2) is 5.82 Å². The molecule has 2 aromatic heterocycles. The molecule has 3 heterocycles. The monoisotopic (exact) mass is 422 g/mol. The molecule has 0 N–H and O–H groups in total. The first-order valence-electron chi connectivity index (χ1n) is 8.84. The third kappa shape index (κ3) is 4.38. The molecule has 0 spiro atoms. The third-order valence-electron chi connectivity index (χ3n) is 4.76. The van der Waals surface area contributed by atoms with Gasteiger partial charge in [-0.05, 0) is 18.2 Å². The van der Waals surface area contributed by atoms with Crippen LogP contribution in [-0.2, 0) is 25.7 Å². The molecule has 0 bridgehead atoms. The summed E-state index contributed by atoms with van der Waals surface area (Å²) in [4.78, 5) is 14.5. The van der Waals surface area contributed by atoms with Crippen molar-refractivity contribution in [2.45, 2.75) is 25.7 Å². The summed E-state index contributed by atoms with van der Waals surface area (Å²) in [6.07, 6.45) is -0.811. The molecular formula is C20H15ClF4N4. The van der Waals surface area contributed by atoms with Crippen LogP contribution in [0.5, 0.6) is 0 Å². The Labute approximate surface area is 169 Å². The van der Waals surface area contributed by atoms with Crippen LogP contribution >= 0.6 is 11.6 Å². The summed E-state index contributed by atoms with van der Waals surface area (Å²) in [6, 6.07) is 6.34. The molecule has 1 aromatic carbocycles. The highest BCUT2D eigenvalue weighted by Gasteiger charge is 2.30. The molecule has 0 saturated carbocycles. The minimum Gasteiger partial charge on any atom is -0.294 e. The fraction of sp³-hybridized carbons (Fsp3) is 0.250. The van der Waals surface area contributed by atoms with Crippen LogP contribution in [0.25, 0.3) is 11.4 Å². The molecule has 0 radical (unpaired) electrons. The third-order valence-corrected chi connectivity index (χ3v) is 4.96. The minimum atomic E-state index is -4.38. The first kappa shape index (κ1) is 19.7. The van der Waals surface area contributed by atoms with Gasteiger partial charge in [0.2, 0.25) is 5.95 Å². The molecule has 1 aliphatic heterocycles. The predicted molar refractivity (Wildman–Crippen MR) is 99.5 cm³/mol. The molecule has 3 aromatic rings. The van der Waals surface area contributed by atoms with Crippen molar-refractivity contribution in [2.24, 2.45) is 0 Å². The van der Waals surface area contributed by atoms with E-state index in [9.17, 15) is 17.6 Å². The molecule has 0 saturated heterocycles. The number of alkyl halides is 3. The second kappa shape index (κ2) is 7.68. The lowest BCUT2D eigenvalue weighted by molar-refractivity contribution is -0.137. The average Bonchev–Trinajstić information content (AvgIpc) is 2.70. The summed E-state index contributed by atoms with van der Waals surface area (Å²) in [6.45, 7) is 1.55. The van der Waals surface area contributed by atoms with Crippen LogP contribution < -0.4 is 0 Å². The van der Waals surface area contributed by atoms with Crippen molar-refractivity contribution in [3.8, 4) is 11.4 Å². The van der Waals surface area contributed by atoms with E-state index in [0.717, 1.165) is 23.4 Å². The Balaban J connectivity index is 1.50. The Bertz CT molecular complexity index is 1040. The maximum absolute atomic E-state index is 13.9. The highest BCUT2D eigenvalue weighted by Crippen LogP contribution is 2.30. The fourth-order valence-electron chi connectivity index (χ4n) is 3.27. The van der Waals surface area contributed by atoms with Crippen molar-refractivity contribution in [3.63, 3.8) is 0 Å². The average molecular weight is 423 g/mol. The molecule has 0 unspecified atom stereocenters. The number of aromatic nitrogens is 3. The summed E-state index contributed by atoms with van der Waals surface area (Å²) >= 11 is 5.90. The Kier molecular flexibility index (Phi) is 5.23. The second-order valence-electron chi connectivity index (χ2n) is 6.80. The molecule has 4 rings (SSSR count). The van der Waals surface area contributed by atoms with Gasteiger partial charge in [0.05, 0.1) is 16.3 Å². The second-order valence-corrected chi connectivity index (χ2v) is 7.24. The summed E-state index contributed by atoms with van der Waals surface area (Å²) in [7, 11) is 0. The van der Waals surface area contributed by atoms with E-state index in [0.29, 0.717) is 48.0 Å². The molecule has 0 atom stereocenters. The number of halogens is 5. The quantitative estimate of drug-likeness (QED) is 0.444. The predicted octanol–water partition coefficient (Wildman–Crippen LogP) is 4.91. The van der Waals surface area contributed by atoms with Gasteiger partial charge in [-0.3, -0.25) is 4.90 Å². The van der Waals surface area contributed by atoms with Gasteiger partial charge in [-0.2, -0.15) is 17.6 Å². The van der Waals surface area contributed by atoms with Gasteiger partial charge in [-0.25, -0.2) is 15.0 Å². The van der Waals surface area contributed by atoms with E-state index in [-0.39, 0.29) is 0 Å². The number of fused-ring (bicyclic) bond motifs is 1. The zero-order valence-electron chi connectivity index (χ0n) is 15.0. The highest BCUT2D eigenvalue weighted by molar-refractivity contribution is 6.30. The van der Waals surface area contributed by atoms with Crippen molar-refractivity contribution in [1.82, 2.24) is 19.9 Å². The molecule has 0 amide bonds. The summed E-state index contributed by atoms with van der Waals surface area (Å²) < 4.78 is 52.0. The van der Waals surface area contributed by atoms with E-state index < -0.39 is 17.7 Å². The smallest absolute Gasteiger partial charge is 0.294 e. The molecule has 1 aliphatic rings. The van der Waals surface area contributed by atoms with Gasteiger partial charge in [-0.15, -0.1) is 0 Å². The molecule has 9 heteroatoms. The van der Waals surface area contributed by atoms with Gasteiger partial charge in [0.1, 0.15) is 0 Å². The van der Waals surface area contributed by atoms with Crippen molar-refractivity contribution >= 4 is 11.6 Å². The zero-order chi connectivity index (χ0) is 20.6. The lowest BCUT2D eigenvalue weighted by Gasteiger charge is -2.28.